The van der Waals surface area contributed by atoms with Crippen molar-refractivity contribution in [1.29, 1.82) is 0 Å². The molecule has 1 aromatic carbocycles. The number of carbonyl (C=O) groups excluding carboxylic acids is 1. The molecule has 1 rings (SSSR count). The van der Waals surface area contributed by atoms with Crippen molar-refractivity contribution in [1.82, 2.24) is 5.32 Å². The van der Waals surface area contributed by atoms with E-state index in [2.05, 4.69) is 5.32 Å². The Hall–Kier alpha value is -1.17. The van der Waals surface area contributed by atoms with E-state index in [4.69, 9.17) is 8.85 Å². The molecular weight excluding hydrogens is 234 g/mol. The van der Waals surface area contributed by atoms with Crippen molar-refractivity contribution in [2.24, 2.45) is 0 Å². The fourth-order valence-electron chi connectivity index (χ4n) is 1.39. The second kappa shape index (κ2) is 5.95. The Morgan fingerprint density at radius 2 is 1.88 bits per heavy atom. The van der Waals surface area contributed by atoms with E-state index in [0.717, 1.165) is 5.56 Å². The maximum Gasteiger partial charge on any atom is 0.354 e. The SMILES string of the molecule is CO[Si](C)(CNC(=O)c1ccccc1C)OC. The fourth-order valence-corrected chi connectivity index (χ4v) is 2.33. The summed E-state index contributed by atoms with van der Waals surface area (Å²) in [6.07, 6.45) is 0.438. The first-order valence-electron chi connectivity index (χ1n) is 5.46. The largest absolute Gasteiger partial charge is 0.397 e. The number of rotatable bonds is 5. The molecule has 0 aliphatic heterocycles. The molecule has 1 amide bonds. The minimum atomic E-state index is -2.24. The molecule has 0 unspecified atom stereocenters. The van der Waals surface area contributed by atoms with Crippen molar-refractivity contribution in [2.75, 3.05) is 20.4 Å². The molecule has 0 aromatic heterocycles. The van der Waals surface area contributed by atoms with Crippen molar-refractivity contribution in [2.45, 2.75) is 13.5 Å². The van der Waals surface area contributed by atoms with Crippen LogP contribution in [0.3, 0.4) is 0 Å². The highest BCUT2D eigenvalue weighted by Crippen LogP contribution is 2.07. The zero-order chi connectivity index (χ0) is 12.9. The van der Waals surface area contributed by atoms with Gasteiger partial charge in [-0.3, -0.25) is 4.79 Å². The van der Waals surface area contributed by atoms with Crippen LogP contribution >= 0.6 is 0 Å². The molecule has 0 bridgehead atoms. The van der Waals surface area contributed by atoms with Gasteiger partial charge < -0.3 is 14.2 Å². The first-order valence-corrected chi connectivity index (χ1v) is 7.99. The maximum atomic E-state index is 11.9. The van der Waals surface area contributed by atoms with Gasteiger partial charge >= 0.3 is 8.56 Å². The first-order chi connectivity index (χ1) is 8.02. The van der Waals surface area contributed by atoms with Gasteiger partial charge in [0.05, 0.1) is 6.17 Å². The summed E-state index contributed by atoms with van der Waals surface area (Å²) in [5.74, 6) is -0.0871. The molecule has 0 saturated carbocycles. The number of aryl methyl sites for hydroxylation is 1. The van der Waals surface area contributed by atoms with Crippen molar-refractivity contribution in [3.8, 4) is 0 Å². The lowest BCUT2D eigenvalue weighted by molar-refractivity contribution is 0.0952. The standard InChI is InChI=1S/C12H19NO3Si/c1-10-7-5-6-8-11(10)12(14)13-9-17(4,15-2)16-3/h5-8H,9H2,1-4H3,(H,13,14). The van der Waals surface area contributed by atoms with Crippen LogP contribution in [0.4, 0.5) is 0 Å². The molecule has 0 spiro atoms. The van der Waals surface area contributed by atoms with E-state index in [-0.39, 0.29) is 5.91 Å². The Morgan fingerprint density at radius 3 is 2.41 bits per heavy atom. The molecule has 4 nitrogen and oxygen atoms in total. The first kappa shape index (κ1) is 13.9. The Morgan fingerprint density at radius 1 is 1.29 bits per heavy atom. The third-order valence-electron chi connectivity index (χ3n) is 2.82. The van der Waals surface area contributed by atoms with Gasteiger partial charge in [-0.2, -0.15) is 0 Å². The van der Waals surface area contributed by atoms with E-state index in [1.165, 1.54) is 0 Å². The molecule has 0 aliphatic carbocycles. The zero-order valence-corrected chi connectivity index (χ0v) is 11.7. The molecule has 0 fully saturated rings. The van der Waals surface area contributed by atoms with Crippen LogP contribution in [0.25, 0.3) is 0 Å². The van der Waals surface area contributed by atoms with E-state index < -0.39 is 8.56 Å². The van der Waals surface area contributed by atoms with Gasteiger partial charge in [0.15, 0.2) is 0 Å². The Balaban J connectivity index is 2.65. The smallest absolute Gasteiger partial charge is 0.354 e. The van der Waals surface area contributed by atoms with E-state index in [1.54, 1.807) is 14.2 Å². The van der Waals surface area contributed by atoms with E-state index >= 15 is 0 Å². The van der Waals surface area contributed by atoms with Gasteiger partial charge in [0.2, 0.25) is 0 Å². The number of nitrogens with one attached hydrogen (secondary N) is 1. The van der Waals surface area contributed by atoms with Crippen LogP contribution in [0, 0.1) is 6.92 Å². The highest BCUT2D eigenvalue weighted by atomic mass is 28.4. The topological polar surface area (TPSA) is 47.6 Å². The molecular formula is C12H19NO3Si. The summed E-state index contributed by atoms with van der Waals surface area (Å²) in [5.41, 5.74) is 1.65. The predicted octanol–water partition coefficient (Wildman–Crippen LogP) is 1.63. The summed E-state index contributed by atoms with van der Waals surface area (Å²) in [6, 6.07) is 7.49. The van der Waals surface area contributed by atoms with Gasteiger partial charge in [0, 0.05) is 19.8 Å². The number of benzene rings is 1. The molecule has 0 radical (unpaired) electrons. The Bertz CT molecular complexity index is 391. The predicted molar refractivity (Wildman–Crippen MR) is 69.1 cm³/mol. The van der Waals surface area contributed by atoms with Gasteiger partial charge in [-0.05, 0) is 25.1 Å². The average molecular weight is 253 g/mol. The van der Waals surface area contributed by atoms with Crippen LogP contribution in [-0.4, -0.2) is 34.9 Å². The van der Waals surface area contributed by atoms with Gasteiger partial charge in [-0.1, -0.05) is 18.2 Å². The second-order valence-electron chi connectivity index (χ2n) is 4.04. The van der Waals surface area contributed by atoms with E-state index in [1.807, 2.05) is 37.7 Å². The Kier molecular flexibility index (Phi) is 4.86. The molecule has 0 aliphatic rings. The number of hydrogen-bond acceptors (Lipinski definition) is 3. The summed E-state index contributed by atoms with van der Waals surface area (Å²) in [4.78, 5) is 11.9. The zero-order valence-electron chi connectivity index (χ0n) is 10.7. The summed E-state index contributed by atoms with van der Waals surface area (Å²) in [5, 5.41) is 2.86. The third-order valence-corrected chi connectivity index (χ3v) is 5.37. The van der Waals surface area contributed by atoms with Crippen LogP contribution in [0.5, 0.6) is 0 Å². The van der Waals surface area contributed by atoms with Gasteiger partial charge in [0.1, 0.15) is 0 Å². The maximum absolute atomic E-state index is 11.9. The lowest BCUT2D eigenvalue weighted by Gasteiger charge is -2.23. The molecule has 1 N–H and O–H groups in total. The molecule has 1 aromatic rings. The van der Waals surface area contributed by atoms with Crippen LogP contribution in [0.2, 0.25) is 6.55 Å². The highest BCUT2D eigenvalue weighted by Gasteiger charge is 2.29. The van der Waals surface area contributed by atoms with Crippen LogP contribution in [0.15, 0.2) is 24.3 Å². The van der Waals surface area contributed by atoms with Crippen LogP contribution in [-0.2, 0) is 8.85 Å². The normalized spacial score (nSPS) is 11.3. The average Bonchev–Trinajstić information content (AvgIpc) is 2.36. The van der Waals surface area contributed by atoms with Gasteiger partial charge in [-0.25, -0.2) is 0 Å². The van der Waals surface area contributed by atoms with E-state index in [9.17, 15) is 4.79 Å². The number of carbonyl (C=O) groups is 1. The summed E-state index contributed by atoms with van der Waals surface area (Å²) in [6.45, 7) is 3.82. The second-order valence-corrected chi connectivity index (χ2v) is 7.48. The number of hydrogen-bond donors (Lipinski definition) is 1. The van der Waals surface area contributed by atoms with Crippen molar-refractivity contribution >= 4 is 14.5 Å². The van der Waals surface area contributed by atoms with Gasteiger partial charge in [-0.15, -0.1) is 0 Å². The Labute approximate surface area is 103 Å². The molecule has 0 atom stereocenters. The molecule has 94 valence electrons. The minimum absolute atomic E-state index is 0.0871. The molecule has 0 heterocycles. The van der Waals surface area contributed by atoms with Crippen molar-refractivity contribution in [3.05, 3.63) is 35.4 Å². The summed E-state index contributed by atoms with van der Waals surface area (Å²) >= 11 is 0. The molecule has 17 heavy (non-hydrogen) atoms. The highest BCUT2D eigenvalue weighted by molar-refractivity contribution is 6.66. The van der Waals surface area contributed by atoms with E-state index in [0.29, 0.717) is 11.7 Å². The molecule has 5 heteroatoms. The monoisotopic (exact) mass is 253 g/mol. The lowest BCUT2D eigenvalue weighted by atomic mass is 10.1. The third kappa shape index (κ3) is 3.66. The van der Waals surface area contributed by atoms with Crippen molar-refractivity contribution < 1.29 is 13.6 Å². The summed E-state index contributed by atoms with van der Waals surface area (Å²) < 4.78 is 10.6. The summed E-state index contributed by atoms with van der Waals surface area (Å²) in [7, 11) is 0.971. The number of amides is 1. The lowest BCUT2D eigenvalue weighted by Crippen LogP contribution is -2.48. The minimum Gasteiger partial charge on any atom is -0.397 e. The van der Waals surface area contributed by atoms with Gasteiger partial charge in [0.25, 0.3) is 5.91 Å². The molecule has 0 saturated heterocycles. The fraction of sp³-hybridized carbons (Fsp3) is 0.417. The quantitative estimate of drug-likeness (QED) is 0.811. The van der Waals surface area contributed by atoms with Crippen LogP contribution in [0.1, 0.15) is 15.9 Å². The van der Waals surface area contributed by atoms with Crippen molar-refractivity contribution in [3.63, 3.8) is 0 Å². The van der Waals surface area contributed by atoms with Crippen LogP contribution < -0.4 is 5.32 Å².